The molecule has 6 nitrogen and oxygen atoms in total. The lowest BCUT2D eigenvalue weighted by molar-refractivity contribution is -0.173. The minimum atomic E-state index is -1.57. The number of carbonyl (C=O) groups is 3. The number of amides is 1. The van der Waals surface area contributed by atoms with E-state index in [1.807, 2.05) is 36.4 Å². The Balaban J connectivity index is 2.06. The first kappa shape index (κ1) is 22.0. The van der Waals surface area contributed by atoms with Crippen molar-refractivity contribution in [1.82, 2.24) is 0 Å². The van der Waals surface area contributed by atoms with Crippen LogP contribution in [0.25, 0.3) is 0 Å². The molecule has 1 atom stereocenters. The van der Waals surface area contributed by atoms with E-state index in [4.69, 9.17) is 9.47 Å². The predicted molar refractivity (Wildman–Crippen MR) is 116 cm³/mol. The van der Waals surface area contributed by atoms with E-state index in [1.54, 1.807) is 26.0 Å². The molecular weight excluding hydrogens is 450 g/mol. The number of carbonyl (C=O) groups excluding carboxylic acids is 3. The van der Waals surface area contributed by atoms with Crippen molar-refractivity contribution in [3.8, 4) is 0 Å². The van der Waals surface area contributed by atoms with Gasteiger partial charge in [-0.3, -0.25) is 14.4 Å². The summed E-state index contributed by atoms with van der Waals surface area (Å²) in [5, 5.41) is 2.89. The van der Waals surface area contributed by atoms with Crippen LogP contribution < -0.4 is 5.32 Å². The number of rotatable bonds is 6. The van der Waals surface area contributed by atoms with Crippen LogP contribution in [0.4, 0.5) is 5.69 Å². The van der Waals surface area contributed by atoms with Gasteiger partial charge in [0.25, 0.3) is 0 Å². The van der Waals surface area contributed by atoms with Crippen LogP contribution in [0.5, 0.6) is 0 Å². The zero-order valence-electron chi connectivity index (χ0n) is 16.9. The van der Waals surface area contributed by atoms with E-state index in [2.05, 4.69) is 21.2 Å². The highest BCUT2D eigenvalue weighted by molar-refractivity contribution is 9.10. The van der Waals surface area contributed by atoms with Crippen molar-refractivity contribution in [3.63, 3.8) is 0 Å². The summed E-state index contributed by atoms with van der Waals surface area (Å²) in [6, 6.07) is 14.6. The van der Waals surface area contributed by atoms with Gasteiger partial charge in [0.05, 0.1) is 19.1 Å². The van der Waals surface area contributed by atoms with Gasteiger partial charge >= 0.3 is 11.9 Å². The zero-order valence-corrected chi connectivity index (χ0v) is 18.5. The minimum Gasteiger partial charge on any atom is -0.465 e. The van der Waals surface area contributed by atoms with Gasteiger partial charge in [-0.05, 0) is 62.1 Å². The van der Waals surface area contributed by atoms with Crippen LogP contribution in [0.1, 0.15) is 37.3 Å². The summed E-state index contributed by atoms with van der Waals surface area (Å²) in [5.41, 5.74) is 0.601. The molecule has 7 heteroatoms. The monoisotopic (exact) mass is 473 g/mol. The van der Waals surface area contributed by atoms with Crippen LogP contribution in [0, 0.1) is 5.41 Å². The van der Waals surface area contributed by atoms with E-state index in [1.165, 1.54) is 0 Å². The summed E-state index contributed by atoms with van der Waals surface area (Å²) >= 11 is 3.44. The molecule has 158 valence electrons. The van der Waals surface area contributed by atoms with Gasteiger partial charge in [0.2, 0.25) is 5.91 Å². The molecule has 2 aromatic carbocycles. The molecule has 30 heavy (non-hydrogen) atoms. The highest BCUT2D eigenvalue weighted by Gasteiger charge is 2.54. The maximum atomic E-state index is 13.2. The summed E-state index contributed by atoms with van der Waals surface area (Å²) in [6.07, 6.45) is 0.104. The van der Waals surface area contributed by atoms with Gasteiger partial charge in [-0.2, -0.15) is 0 Å². The van der Waals surface area contributed by atoms with Crippen LogP contribution >= 0.6 is 15.9 Å². The summed E-state index contributed by atoms with van der Waals surface area (Å²) in [4.78, 5) is 39.2. The number of fused-ring (bicyclic) bond motifs is 1. The molecule has 1 unspecified atom stereocenters. The maximum Gasteiger partial charge on any atom is 0.323 e. The van der Waals surface area contributed by atoms with E-state index in [-0.39, 0.29) is 32.0 Å². The summed E-state index contributed by atoms with van der Waals surface area (Å²) < 4.78 is 11.3. The number of ether oxygens (including phenoxy) is 2. The number of hydrogen-bond donors (Lipinski definition) is 1. The fourth-order valence-corrected chi connectivity index (χ4v) is 4.25. The van der Waals surface area contributed by atoms with Gasteiger partial charge in [0.1, 0.15) is 0 Å². The summed E-state index contributed by atoms with van der Waals surface area (Å²) in [6.45, 7) is 3.63. The van der Waals surface area contributed by atoms with Crippen LogP contribution in [0.15, 0.2) is 53.0 Å². The van der Waals surface area contributed by atoms with Crippen LogP contribution in [-0.2, 0) is 30.3 Å². The van der Waals surface area contributed by atoms with Gasteiger partial charge < -0.3 is 14.8 Å². The van der Waals surface area contributed by atoms with Crippen molar-refractivity contribution < 1.29 is 23.9 Å². The smallest absolute Gasteiger partial charge is 0.323 e. The number of benzene rings is 2. The van der Waals surface area contributed by atoms with Crippen molar-refractivity contribution in [1.29, 1.82) is 0 Å². The molecule has 1 amide bonds. The second kappa shape index (κ2) is 9.43. The molecule has 0 saturated heterocycles. The fourth-order valence-electron chi connectivity index (χ4n) is 3.84. The third-order valence-corrected chi connectivity index (χ3v) is 5.71. The van der Waals surface area contributed by atoms with E-state index < -0.39 is 23.3 Å². The largest absolute Gasteiger partial charge is 0.465 e. The Morgan fingerprint density at radius 1 is 1.03 bits per heavy atom. The van der Waals surface area contributed by atoms with E-state index in [0.29, 0.717) is 5.69 Å². The second-order valence-corrected chi connectivity index (χ2v) is 8.07. The topological polar surface area (TPSA) is 81.7 Å². The first-order chi connectivity index (χ1) is 14.4. The van der Waals surface area contributed by atoms with Crippen molar-refractivity contribution in [2.24, 2.45) is 5.41 Å². The Morgan fingerprint density at radius 2 is 1.67 bits per heavy atom. The van der Waals surface area contributed by atoms with Crippen LogP contribution in [-0.4, -0.2) is 31.1 Å². The number of anilines is 1. The van der Waals surface area contributed by atoms with Gasteiger partial charge in [0.15, 0.2) is 5.41 Å². The van der Waals surface area contributed by atoms with Crippen molar-refractivity contribution in [2.45, 2.75) is 32.6 Å². The molecule has 0 radical (unpaired) electrons. The van der Waals surface area contributed by atoms with E-state index in [9.17, 15) is 14.4 Å². The molecule has 0 fully saturated rings. The molecular formula is C23H24BrNO5. The average molecular weight is 474 g/mol. The second-order valence-electron chi connectivity index (χ2n) is 7.15. The predicted octanol–water partition coefficient (Wildman–Crippen LogP) is 4.23. The summed E-state index contributed by atoms with van der Waals surface area (Å²) in [7, 11) is 0. The Labute approximate surface area is 184 Å². The quantitative estimate of drug-likeness (QED) is 0.501. The highest BCUT2D eigenvalue weighted by Crippen LogP contribution is 2.45. The lowest BCUT2D eigenvalue weighted by Gasteiger charge is -2.37. The third-order valence-electron chi connectivity index (χ3n) is 5.22. The Hall–Kier alpha value is -2.67. The van der Waals surface area contributed by atoms with Gasteiger partial charge in [0, 0.05) is 10.2 Å². The van der Waals surface area contributed by atoms with Crippen molar-refractivity contribution in [2.75, 3.05) is 18.5 Å². The van der Waals surface area contributed by atoms with Crippen molar-refractivity contribution >= 4 is 39.5 Å². The lowest BCUT2D eigenvalue weighted by atomic mass is 9.66. The molecule has 0 saturated carbocycles. The molecule has 0 heterocycles. The molecule has 0 spiro atoms. The van der Waals surface area contributed by atoms with Crippen LogP contribution in [0.3, 0.4) is 0 Å². The fraction of sp³-hybridized carbons (Fsp3) is 0.348. The molecule has 0 bridgehead atoms. The summed E-state index contributed by atoms with van der Waals surface area (Å²) in [5.74, 6) is -2.32. The lowest BCUT2D eigenvalue weighted by Crippen LogP contribution is -2.48. The van der Waals surface area contributed by atoms with Gasteiger partial charge in [-0.15, -0.1) is 0 Å². The zero-order chi connectivity index (χ0) is 21.7. The molecule has 1 aliphatic rings. The number of para-hydroxylation sites is 1. The maximum absolute atomic E-state index is 13.2. The molecule has 2 aromatic rings. The standard InChI is InChI=1S/C23H24BrNO5/c1-3-29-21(27)23(22(28)30-4-2)13-15-12-16(24)10-11-18(15)19(14-23)20(26)25-17-8-6-5-7-9-17/h5-12,19H,3-4,13-14H2,1-2H3,(H,25,26). The Bertz CT molecular complexity index is 926. The SMILES string of the molecule is CCOC(=O)C1(C(=O)OCC)Cc2cc(Br)ccc2C(C(=O)Nc2ccccc2)C1. The first-order valence-electron chi connectivity index (χ1n) is 9.90. The third kappa shape index (κ3) is 4.41. The highest BCUT2D eigenvalue weighted by atomic mass is 79.9. The van der Waals surface area contributed by atoms with Crippen LogP contribution in [0.2, 0.25) is 0 Å². The normalized spacial score (nSPS) is 16.8. The van der Waals surface area contributed by atoms with E-state index in [0.717, 1.165) is 15.6 Å². The average Bonchev–Trinajstić information content (AvgIpc) is 2.73. The Kier molecular flexibility index (Phi) is 6.92. The molecule has 1 N–H and O–H groups in total. The first-order valence-corrected chi connectivity index (χ1v) is 10.7. The minimum absolute atomic E-state index is 0.0159. The van der Waals surface area contributed by atoms with Gasteiger partial charge in [-0.25, -0.2) is 0 Å². The molecule has 0 aromatic heterocycles. The molecule has 0 aliphatic heterocycles. The molecule has 1 aliphatic carbocycles. The Morgan fingerprint density at radius 3 is 2.27 bits per heavy atom. The van der Waals surface area contributed by atoms with Crippen molar-refractivity contribution in [3.05, 3.63) is 64.1 Å². The number of esters is 2. The van der Waals surface area contributed by atoms with Gasteiger partial charge in [-0.1, -0.05) is 40.2 Å². The number of halogens is 1. The molecule has 3 rings (SSSR count). The number of hydrogen-bond acceptors (Lipinski definition) is 5. The number of nitrogens with one attached hydrogen (secondary N) is 1. The van der Waals surface area contributed by atoms with E-state index >= 15 is 0 Å².